The summed E-state index contributed by atoms with van der Waals surface area (Å²) in [6, 6.07) is 9.19. The topological polar surface area (TPSA) is 48.6 Å². The summed E-state index contributed by atoms with van der Waals surface area (Å²) in [5.41, 5.74) is 4.99. The van der Waals surface area contributed by atoms with Crippen LogP contribution in [0.25, 0.3) is 0 Å². The maximum absolute atomic E-state index is 12.2. The van der Waals surface area contributed by atoms with E-state index in [2.05, 4.69) is 95.0 Å². The molecule has 6 rings (SSSR count). The van der Waals surface area contributed by atoms with Crippen LogP contribution in [-0.4, -0.2) is 40.6 Å². The lowest BCUT2D eigenvalue weighted by Gasteiger charge is -2.57. The molecule has 1 N–H and O–H groups in total. The Bertz CT molecular complexity index is 1050. The van der Waals surface area contributed by atoms with Crippen LogP contribution < -0.4 is 0 Å². The number of aliphatic hydroxyl groups is 1. The highest BCUT2D eigenvalue weighted by atomic mass is 28.4. The van der Waals surface area contributed by atoms with E-state index in [-0.39, 0.29) is 41.2 Å². The molecule has 0 spiro atoms. The molecule has 6 heteroatoms. The van der Waals surface area contributed by atoms with Crippen molar-refractivity contribution in [2.45, 2.75) is 109 Å². The Morgan fingerprint density at radius 3 is 2.41 bits per heavy atom. The molecular formula is C26H40N2O3Si. The quantitative estimate of drug-likeness (QED) is 0.623. The first-order valence-electron chi connectivity index (χ1n) is 12.2. The number of hydrogen-bond donors (Lipinski definition) is 1. The van der Waals surface area contributed by atoms with Gasteiger partial charge in [-0.2, -0.15) is 0 Å². The van der Waals surface area contributed by atoms with Gasteiger partial charge in [0.2, 0.25) is 0 Å². The summed E-state index contributed by atoms with van der Waals surface area (Å²) in [7, 11) is -2.02. The van der Waals surface area contributed by atoms with E-state index in [9.17, 15) is 5.11 Å². The Morgan fingerprint density at radius 2 is 1.75 bits per heavy atom. The van der Waals surface area contributed by atoms with E-state index in [1.807, 2.05) is 0 Å². The van der Waals surface area contributed by atoms with Gasteiger partial charge < -0.3 is 23.4 Å². The van der Waals surface area contributed by atoms with Crippen molar-refractivity contribution in [2.75, 3.05) is 0 Å². The van der Waals surface area contributed by atoms with Gasteiger partial charge in [-0.15, -0.1) is 0 Å². The lowest BCUT2D eigenvalue weighted by molar-refractivity contribution is -0.316. The molecule has 0 aromatic carbocycles. The summed E-state index contributed by atoms with van der Waals surface area (Å²) < 4.78 is 18.6. The first-order valence-corrected chi connectivity index (χ1v) is 15.1. The molecule has 0 saturated carbocycles. The van der Waals surface area contributed by atoms with Gasteiger partial charge in [0.25, 0.3) is 0 Å². The van der Waals surface area contributed by atoms with Crippen LogP contribution in [0.1, 0.15) is 75.4 Å². The molecule has 6 heterocycles. The van der Waals surface area contributed by atoms with Crippen molar-refractivity contribution in [3.05, 3.63) is 47.0 Å². The second-order valence-electron chi connectivity index (χ2n) is 12.1. The summed E-state index contributed by atoms with van der Waals surface area (Å²) in [5.74, 6) is -1.25. The van der Waals surface area contributed by atoms with Gasteiger partial charge in [-0.1, -0.05) is 20.8 Å². The van der Waals surface area contributed by atoms with Crippen LogP contribution in [0.3, 0.4) is 0 Å². The fourth-order valence-electron chi connectivity index (χ4n) is 6.64. The molecule has 0 aliphatic carbocycles. The fourth-order valence-corrected chi connectivity index (χ4v) is 8.07. The maximum atomic E-state index is 12.2. The monoisotopic (exact) mass is 456 g/mol. The molecule has 176 valence electrons. The van der Waals surface area contributed by atoms with Gasteiger partial charge in [0.15, 0.2) is 14.1 Å². The zero-order valence-corrected chi connectivity index (χ0v) is 22.1. The number of aromatic nitrogens is 2. The third-order valence-corrected chi connectivity index (χ3v) is 13.6. The normalized spacial score (nSPS) is 34.8. The molecule has 4 aliphatic rings. The zero-order valence-electron chi connectivity index (χ0n) is 21.1. The molecule has 2 aromatic rings. The smallest absolute Gasteiger partial charge is 0.192 e. The van der Waals surface area contributed by atoms with Crippen molar-refractivity contribution in [2.24, 2.45) is 5.92 Å². The number of fused-ring (bicyclic) bond motifs is 1. The Morgan fingerprint density at radius 1 is 1.12 bits per heavy atom. The number of nitrogens with zero attached hydrogens (tertiary/aromatic N) is 2. The average molecular weight is 457 g/mol. The zero-order chi connectivity index (χ0) is 23.4. The second-order valence-corrected chi connectivity index (χ2v) is 16.8. The highest BCUT2D eigenvalue weighted by Gasteiger charge is 2.63. The van der Waals surface area contributed by atoms with Crippen LogP contribution in [0.2, 0.25) is 18.1 Å². The van der Waals surface area contributed by atoms with E-state index in [0.29, 0.717) is 6.42 Å². The van der Waals surface area contributed by atoms with E-state index < -0.39 is 14.1 Å². The lowest BCUT2D eigenvalue weighted by atomic mass is 9.68. The Kier molecular flexibility index (Phi) is 4.80. The van der Waals surface area contributed by atoms with Gasteiger partial charge >= 0.3 is 0 Å². The minimum absolute atomic E-state index is 0.0766. The van der Waals surface area contributed by atoms with Crippen molar-refractivity contribution in [1.29, 1.82) is 0 Å². The van der Waals surface area contributed by atoms with E-state index in [1.54, 1.807) is 0 Å². The number of hydrogen-bond acceptors (Lipinski definition) is 3. The molecule has 7 atom stereocenters. The van der Waals surface area contributed by atoms with Crippen molar-refractivity contribution in [3.63, 3.8) is 0 Å². The summed E-state index contributed by atoms with van der Waals surface area (Å²) in [6.45, 7) is 20.2. The number of ether oxygens (including phenoxy) is 1. The largest absolute Gasteiger partial charge is 0.414 e. The van der Waals surface area contributed by atoms with Crippen molar-refractivity contribution < 1.29 is 14.3 Å². The predicted octanol–water partition coefficient (Wildman–Crippen LogP) is 5.48. The molecule has 2 aromatic heterocycles. The van der Waals surface area contributed by atoms with Crippen LogP contribution in [-0.2, 0) is 15.6 Å². The summed E-state index contributed by atoms with van der Waals surface area (Å²) in [5, 5.41) is 12.3. The van der Waals surface area contributed by atoms with Crippen molar-refractivity contribution in [3.8, 4) is 0 Å². The maximum Gasteiger partial charge on any atom is 0.192 e. The van der Waals surface area contributed by atoms with Gasteiger partial charge in [0.1, 0.15) is 6.10 Å². The molecule has 1 fully saturated rings. The third kappa shape index (κ3) is 2.92. The van der Waals surface area contributed by atoms with Gasteiger partial charge in [-0.25, -0.2) is 0 Å². The molecule has 0 unspecified atom stereocenters. The summed E-state index contributed by atoms with van der Waals surface area (Å²) >= 11 is 0. The number of rotatable bonds is 3. The van der Waals surface area contributed by atoms with E-state index >= 15 is 0 Å². The molecular weight excluding hydrogens is 416 g/mol. The van der Waals surface area contributed by atoms with Gasteiger partial charge in [0.05, 0.1) is 18.2 Å². The fraction of sp³-hybridized carbons (Fsp3) is 0.692. The highest BCUT2D eigenvalue weighted by Crippen LogP contribution is 2.60. The van der Waals surface area contributed by atoms with Crippen LogP contribution in [0.5, 0.6) is 0 Å². The Balaban J connectivity index is 1.69. The van der Waals surface area contributed by atoms with E-state index in [1.165, 1.54) is 22.8 Å². The van der Waals surface area contributed by atoms with Crippen molar-refractivity contribution >= 4 is 8.32 Å². The lowest BCUT2D eigenvalue weighted by Crippen LogP contribution is -2.62. The second kappa shape index (κ2) is 6.84. The molecule has 0 amide bonds. The Hall–Kier alpha value is -1.34. The SMILES string of the molecule is Cc1ccc2n1[C@@H]1[C@@H]3O[C@](O)(C2)[C@H]([C@H](C)O[Si](C)(C)C(C)(C)C)[C@H]1c1ccc(C)n1[C@@H]3C. The summed E-state index contributed by atoms with van der Waals surface area (Å²) in [6.07, 6.45) is 0.315. The highest BCUT2D eigenvalue weighted by molar-refractivity contribution is 6.74. The molecule has 0 radical (unpaired) electrons. The minimum Gasteiger partial charge on any atom is -0.414 e. The van der Waals surface area contributed by atoms with Crippen LogP contribution in [0.15, 0.2) is 24.3 Å². The van der Waals surface area contributed by atoms with Gasteiger partial charge in [-0.3, -0.25) is 0 Å². The van der Waals surface area contributed by atoms with Crippen LogP contribution in [0.4, 0.5) is 0 Å². The van der Waals surface area contributed by atoms with Gasteiger partial charge in [-0.05, 0) is 70.1 Å². The summed E-state index contributed by atoms with van der Waals surface area (Å²) in [4.78, 5) is 0. The molecule has 5 nitrogen and oxygen atoms in total. The third-order valence-electron chi connectivity index (χ3n) is 9.06. The molecule has 32 heavy (non-hydrogen) atoms. The first-order chi connectivity index (χ1) is 14.8. The van der Waals surface area contributed by atoms with Crippen LogP contribution >= 0.6 is 0 Å². The van der Waals surface area contributed by atoms with Crippen molar-refractivity contribution in [1.82, 2.24) is 9.13 Å². The van der Waals surface area contributed by atoms with E-state index in [0.717, 1.165) is 0 Å². The average Bonchev–Trinajstić information content (AvgIpc) is 3.13. The molecule has 4 bridgehead atoms. The van der Waals surface area contributed by atoms with Gasteiger partial charge in [0, 0.05) is 41.0 Å². The number of aryl methyl sites for hydroxylation is 2. The Labute approximate surface area is 193 Å². The van der Waals surface area contributed by atoms with E-state index in [4.69, 9.17) is 9.16 Å². The first kappa shape index (κ1) is 22.4. The molecule has 4 aliphatic heterocycles. The standard InChI is InChI=1S/C26H40N2O3Si/c1-15-11-13-20-21-22(18(4)31-32(8,9)25(5,6)7)26(29)14-19-12-10-16(2)28(19)23(21)24(30-26)17(3)27(15)20/h10-13,17-18,21-24,29H,14H2,1-9H3/t17-,18+,21-,22-,23+,24-,26-/m1/s1. The minimum atomic E-state index is -2.02. The predicted molar refractivity (Wildman–Crippen MR) is 130 cm³/mol. The molecule has 1 saturated heterocycles. The van der Waals surface area contributed by atoms with Crippen LogP contribution in [0, 0.1) is 19.8 Å².